The van der Waals surface area contributed by atoms with Crippen LogP contribution in [0.25, 0.3) is 0 Å². The van der Waals surface area contributed by atoms with Crippen LogP contribution in [-0.4, -0.2) is 43.6 Å². The topological polar surface area (TPSA) is 0 Å². The van der Waals surface area contributed by atoms with E-state index < -0.39 is 0 Å². The SMILES string of the molecule is [Mg].[S]=[Sn].[Zn]. The molecule has 4 heavy (non-hydrogen) atoms. The zero-order valence-corrected chi connectivity index (χ0v) is 10.4. The van der Waals surface area contributed by atoms with E-state index in [1.807, 2.05) is 0 Å². The maximum atomic E-state index is 4.17. The smallest absolute Gasteiger partial charge is 0 e. The summed E-state index contributed by atoms with van der Waals surface area (Å²) in [5.41, 5.74) is 0. The molecule has 14 valence electrons. The van der Waals surface area contributed by atoms with Gasteiger partial charge in [0.1, 0.15) is 0 Å². The molecule has 0 aliphatic rings. The summed E-state index contributed by atoms with van der Waals surface area (Å²) in [4.78, 5) is 0. The van der Waals surface area contributed by atoms with Crippen LogP contribution in [0.15, 0.2) is 0 Å². The fourth-order valence-corrected chi connectivity index (χ4v) is 0. The zero-order valence-electron chi connectivity index (χ0n) is 2.32. The molecule has 0 saturated heterocycles. The maximum Gasteiger partial charge on any atom is 0 e. The molecule has 0 aromatic carbocycles. The molecule has 0 aromatic heterocycles. The predicted molar refractivity (Wildman–Crippen MR) is 19.1 cm³/mol. The van der Waals surface area contributed by atoms with Gasteiger partial charge >= 0.3 is 29.9 Å². The van der Waals surface area contributed by atoms with Crippen molar-refractivity contribution in [1.29, 1.82) is 0 Å². The quantitative estimate of drug-likeness (QED) is 0.532. The van der Waals surface area contributed by atoms with Crippen LogP contribution < -0.4 is 0 Å². The van der Waals surface area contributed by atoms with E-state index in [9.17, 15) is 0 Å². The first-order valence-electron chi connectivity index (χ1n) is 0.204. The van der Waals surface area contributed by atoms with E-state index in [0.717, 1.165) is 20.6 Å². The van der Waals surface area contributed by atoms with E-state index in [2.05, 4.69) is 9.29 Å². The molecule has 0 bridgehead atoms. The second-order valence-corrected chi connectivity index (χ2v) is 0. The normalized spacial score (nSPS) is 1.00. The van der Waals surface area contributed by atoms with Crippen LogP contribution in [0.2, 0.25) is 0 Å². The summed E-state index contributed by atoms with van der Waals surface area (Å²) in [7, 11) is 4.17. The van der Waals surface area contributed by atoms with Gasteiger partial charge in [-0.3, -0.25) is 0 Å². The average molecular weight is 240 g/mol. The first-order valence-corrected chi connectivity index (χ1v) is 4.11. The average Bonchev–Trinajstić information content (AvgIpc) is 1.00. The van der Waals surface area contributed by atoms with Crippen LogP contribution in [0.5, 0.6) is 0 Å². The molecule has 0 spiro atoms. The van der Waals surface area contributed by atoms with E-state index in [0.29, 0.717) is 0 Å². The van der Waals surface area contributed by atoms with Gasteiger partial charge in [0.2, 0.25) is 0 Å². The van der Waals surface area contributed by atoms with Gasteiger partial charge in [-0.2, -0.15) is 0 Å². The van der Waals surface area contributed by atoms with Crippen LogP contribution in [0.1, 0.15) is 0 Å². The van der Waals surface area contributed by atoms with Gasteiger partial charge in [0.25, 0.3) is 0 Å². The summed E-state index contributed by atoms with van der Waals surface area (Å²) in [5, 5.41) is 0. The van der Waals surface area contributed by atoms with Crippen LogP contribution in [0.4, 0.5) is 0 Å². The molecule has 0 unspecified atom stereocenters. The van der Waals surface area contributed by atoms with Crippen LogP contribution in [-0.2, 0) is 19.5 Å². The van der Waals surface area contributed by atoms with E-state index in [1.165, 1.54) is 0 Å². The largest absolute Gasteiger partial charge is 0 e. The molecule has 0 aliphatic carbocycles. The Morgan fingerprint density at radius 2 is 1.25 bits per heavy atom. The van der Waals surface area contributed by atoms with Gasteiger partial charge in [-0.15, -0.1) is 0 Å². The minimum Gasteiger partial charge on any atom is 0 e. The molecule has 0 N–H and O–H groups in total. The first-order chi connectivity index (χ1) is 1.00. The van der Waals surface area contributed by atoms with Crippen molar-refractivity contribution in [3.63, 3.8) is 0 Å². The zero-order chi connectivity index (χ0) is 2.00. The van der Waals surface area contributed by atoms with Gasteiger partial charge in [-0.05, 0) is 0 Å². The Morgan fingerprint density at radius 3 is 1.25 bits per heavy atom. The molecule has 0 saturated carbocycles. The van der Waals surface area contributed by atoms with E-state index in [1.54, 1.807) is 0 Å². The summed E-state index contributed by atoms with van der Waals surface area (Å²) in [6.07, 6.45) is 0. The fraction of sp³-hybridized carbons (Fsp3) is 0. The monoisotopic (exact) mass is 240 g/mol. The third-order valence-corrected chi connectivity index (χ3v) is 0. The Balaban J connectivity index is -0.00000000500. The predicted octanol–water partition coefficient (Wildman–Crippen LogP) is -0.116. The van der Waals surface area contributed by atoms with E-state index in [4.69, 9.17) is 0 Å². The molecule has 4 radical (unpaired) electrons. The number of hydrogen-bond acceptors (Lipinski definition) is 1. The summed E-state index contributed by atoms with van der Waals surface area (Å²) in [6, 6.07) is 0. The fourth-order valence-electron chi connectivity index (χ4n) is 0. The molecule has 0 atom stereocenters. The molecule has 0 aromatic rings. The second kappa shape index (κ2) is 18.1. The molecule has 0 heterocycles. The van der Waals surface area contributed by atoms with Crippen LogP contribution in [0.3, 0.4) is 0 Å². The number of hydrogen-bond donors (Lipinski definition) is 0. The third kappa shape index (κ3) is 8.83. The van der Waals surface area contributed by atoms with Crippen molar-refractivity contribution in [3.05, 3.63) is 0 Å². The first kappa shape index (κ1) is 16.1. The molecule has 0 rings (SSSR count). The van der Waals surface area contributed by atoms with E-state index in [-0.39, 0.29) is 42.5 Å². The number of rotatable bonds is 0. The van der Waals surface area contributed by atoms with Gasteiger partial charge < -0.3 is 0 Å². The molecule has 4 heteroatoms. The van der Waals surface area contributed by atoms with E-state index >= 15 is 0 Å². The van der Waals surface area contributed by atoms with Crippen molar-refractivity contribution < 1.29 is 19.5 Å². The summed E-state index contributed by atoms with van der Waals surface area (Å²) in [5.74, 6) is 0. The van der Waals surface area contributed by atoms with Gasteiger partial charge in [-0.25, -0.2) is 0 Å². The van der Waals surface area contributed by atoms with Crippen LogP contribution in [0, 0.1) is 0 Å². The minimum absolute atomic E-state index is 0. The Hall–Kier alpha value is 2.41. The van der Waals surface area contributed by atoms with Crippen molar-refractivity contribution in [2.45, 2.75) is 0 Å². The summed E-state index contributed by atoms with van der Waals surface area (Å²) >= 11 is 1.13. The summed E-state index contributed by atoms with van der Waals surface area (Å²) in [6.45, 7) is 0. The van der Waals surface area contributed by atoms with Crippen LogP contribution >= 0.6 is 9.29 Å². The molecule has 0 fully saturated rings. The van der Waals surface area contributed by atoms with Crippen molar-refractivity contribution in [1.82, 2.24) is 0 Å². The molecule has 0 amide bonds. The minimum atomic E-state index is 0. The molecular formula is MgSSnZn. The van der Waals surface area contributed by atoms with Gasteiger partial charge in [0.15, 0.2) is 0 Å². The van der Waals surface area contributed by atoms with Gasteiger partial charge in [-0.1, -0.05) is 0 Å². The third-order valence-electron chi connectivity index (χ3n) is 0. The Morgan fingerprint density at radius 1 is 1.25 bits per heavy atom. The maximum absolute atomic E-state index is 4.17. The molecule has 0 aliphatic heterocycles. The van der Waals surface area contributed by atoms with Crippen molar-refractivity contribution >= 4 is 52.9 Å². The van der Waals surface area contributed by atoms with Gasteiger partial charge in [0, 0.05) is 42.5 Å². The standard InChI is InChI=1S/Mg.S.Sn.Zn. The Labute approximate surface area is 71.3 Å². The Kier molecular flexibility index (Phi) is 73.1. The second-order valence-electron chi connectivity index (χ2n) is 0. The van der Waals surface area contributed by atoms with Gasteiger partial charge in [0.05, 0.1) is 0 Å². The van der Waals surface area contributed by atoms with Crippen molar-refractivity contribution in [2.75, 3.05) is 0 Å². The van der Waals surface area contributed by atoms with Crippen molar-refractivity contribution in [3.8, 4) is 0 Å². The molecular weight excluding hydrogens is 240 g/mol. The summed E-state index contributed by atoms with van der Waals surface area (Å²) < 4.78 is 0. The Bertz CT molecular complexity index is 8.00. The van der Waals surface area contributed by atoms with Crippen molar-refractivity contribution in [2.24, 2.45) is 0 Å². The molecule has 0 nitrogen and oxygen atoms in total.